The second-order valence-corrected chi connectivity index (χ2v) is 20.3. The molecule has 9 nitrogen and oxygen atoms in total. The minimum absolute atomic E-state index is 0.0992. The summed E-state index contributed by atoms with van der Waals surface area (Å²) in [7, 11) is 0. The fourth-order valence-corrected chi connectivity index (χ4v) is 11.4. The first-order valence-corrected chi connectivity index (χ1v) is 26.3. The van der Waals surface area contributed by atoms with Crippen LogP contribution in [0.4, 0.5) is 5.69 Å². The van der Waals surface area contributed by atoms with Crippen LogP contribution in [0.15, 0.2) is 101 Å². The summed E-state index contributed by atoms with van der Waals surface area (Å²) in [5, 5.41) is 15.6. The van der Waals surface area contributed by atoms with E-state index in [1.165, 1.54) is 102 Å². The zero-order valence-corrected chi connectivity index (χ0v) is 41.2. The molecule has 0 saturated heterocycles. The zero-order valence-electron chi connectivity index (χ0n) is 38.7. The molecule has 6 rings (SSSR count). The number of anilines is 1. The van der Waals surface area contributed by atoms with Gasteiger partial charge in [-0.05, 0) is 60.9 Å². The number of nitrogens with zero attached hydrogens (tertiary/aromatic N) is 2. The Morgan fingerprint density at radius 3 is 1.95 bits per heavy atom. The number of thiophene rings is 3. The van der Waals surface area contributed by atoms with Gasteiger partial charge in [-0.1, -0.05) is 136 Å². The van der Waals surface area contributed by atoms with Crippen molar-refractivity contribution in [3.05, 3.63) is 122 Å². The number of benzene rings is 1. The van der Waals surface area contributed by atoms with Crippen LogP contribution in [-0.4, -0.2) is 43.0 Å². The van der Waals surface area contributed by atoms with Crippen LogP contribution in [0.2, 0.25) is 0 Å². The van der Waals surface area contributed by atoms with Crippen molar-refractivity contribution in [3.8, 4) is 31.0 Å². The fourth-order valence-electron chi connectivity index (χ4n) is 8.37. The van der Waals surface area contributed by atoms with Crippen LogP contribution in [0, 0.1) is 10.1 Å². The van der Waals surface area contributed by atoms with Gasteiger partial charge in [0, 0.05) is 59.9 Å². The molecule has 0 fully saturated rings. The van der Waals surface area contributed by atoms with Gasteiger partial charge in [0.15, 0.2) is 5.78 Å². The number of esters is 1. The summed E-state index contributed by atoms with van der Waals surface area (Å²) >= 11 is 4.77. The van der Waals surface area contributed by atoms with Gasteiger partial charge in [-0.3, -0.25) is 14.9 Å². The monoisotopic (exact) mass is 938 g/mol. The van der Waals surface area contributed by atoms with E-state index in [2.05, 4.69) is 50.1 Å². The summed E-state index contributed by atoms with van der Waals surface area (Å²) in [5.41, 5.74) is 3.09. The molecule has 0 N–H and O–H groups in total. The van der Waals surface area contributed by atoms with E-state index in [9.17, 15) is 19.7 Å². The Bertz CT molecular complexity index is 2330. The molecule has 4 aromatic rings. The lowest BCUT2D eigenvalue weighted by Crippen LogP contribution is -2.29. The van der Waals surface area contributed by atoms with Gasteiger partial charge in [0.1, 0.15) is 18.1 Å². The lowest BCUT2D eigenvalue weighted by molar-refractivity contribution is -0.419. The highest BCUT2D eigenvalue weighted by Crippen LogP contribution is 2.48. The van der Waals surface area contributed by atoms with E-state index < -0.39 is 16.3 Å². The Morgan fingerprint density at radius 1 is 0.738 bits per heavy atom. The molecule has 1 aliphatic carbocycles. The molecule has 0 spiro atoms. The molecule has 4 heterocycles. The van der Waals surface area contributed by atoms with E-state index in [1.807, 2.05) is 41.8 Å². The minimum Gasteiger partial charge on any atom is -0.493 e. The Morgan fingerprint density at radius 2 is 1.32 bits per heavy atom. The first-order chi connectivity index (χ1) is 31.6. The van der Waals surface area contributed by atoms with E-state index in [4.69, 9.17) is 14.2 Å². The van der Waals surface area contributed by atoms with Gasteiger partial charge in [0.25, 0.3) is 5.70 Å². The first-order valence-electron chi connectivity index (χ1n) is 23.7. The minimum atomic E-state index is -0.503. The van der Waals surface area contributed by atoms with Crippen LogP contribution < -0.4 is 14.4 Å². The summed E-state index contributed by atoms with van der Waals surface area (Å²) in [6.45, 7) is 10.5. The van der Waals surface area contributed by atoms with Crippen molar-refractivity contribution >= 4 is 51.5 Å². The van der Waals surface area contributed by atoms with Crippen molar-refractivity contribution in [1.82, 2.24) is 0 Å². The molecule has 1 aliphatic heterocycles. The van der Waals surface area contributed by atoms with E-state index in [-0.39, 0.29) is 23.7 Å². The number of hydrogen-bond donors (Lipinski definition) is 0. The maximum atomic E-state index is 14.2. The third kappa shape index (κ3) is 13.9. The second-order valence-electron chi connectivity index (χ2n) is 17.4. The molecule has 2 aliphatic rings. The second kappa shape index (κ2) is 25.2. The summed E-state index contributed by atoms with van der Waals surface area (Å²) in [5.74, 6) is 0.962. The largest absolute Gasteiger partial charge is 0.493 e. The van der Waals surface area contributed by atoms with Crippen LogP contribution in [0.25, 0.3) is 19.5 Å². The average molecular weight is 939 g/mol. The van der Waals surface area contributed by atoms with E-state index >= 15 is 0 Å². The molecule has 3 aromatic heterocycles. The number of allylic oxidation sites excluding steroid dienone is 7. The third-order valence-electron chi connectivity index (χ3n) is 12.1. The van der Waals surface area contributed by atoms with Crippen molar-refractivity contribution < 1.29 is 28.7 Å². The molecular formula is C53H66N2O7S3. The van der Waals surface area contributed by atoms with Crippen LogP contribution in [0.5, 0.6) is 11.5 Å². The van der Waals surface area contributed by atoms with Gasteiger partial charge >= 0.3 is 5.97 Å². The molecular weight excluding hydrogens is 873 g/mol. The maximum absolute atomic E-state index is 14.2. The van der Waals surface area contributed by atoms with Gasteiger partial charge < -0.3 is 19.1 Å². The van der Waals surface area contributed by atoms with Crippen molar-refractivity contribution in [3.63, 3.8) is 0 Å². The van der Waals surface area contributed by atoms with Gasteiger partial charge in [0.2, 0.25) is 0 Å². The molecule has 348 valence electrons. The van der Waals surface area contributed by atoms with Gasteiger partial charge in [-0.15, -0.1) is 34.0 Å². The molecule has 0 radical (unpaired) electrons. The Hall–Kier alpha value is -4.78. The number of para-hydroxylation sites is 1. The topological polar surface area (TPSA) is 108 Å². The number of ketones is 1. The van der Waals surface area contributed by atoms with Gasteiger partial charge in [0.05, 0.1) is 35.1 Å². The first kappa shape index (κ1) is 49.6. The van der Waals surface area contributed by atoms with Crippen LogP contribution in [0.3, 0.4) is 0 Å². The quantitative estimate of drug-likeness (QED) is 0.0182. The number of carbonyl (C=O) groups is 2. The highest BCUT2D eigenvalue weighted by molar-refractivity contribution is 7.26. The predicted octanol–water partition coefficient (Wildman–Crippen LogP) is 15.3. The molecule has 0 atom stereocenters. The molecule has 0 saturated carbocycles. The summed E-state index contributed by atoms with van der Waals surface area (Å²) in [6.07, 6.45) is 27.2. The third-order valence-corrected chi connectivity index (χ3v) is 15.4. The number of carbonyl (C=O) groups excluding carboxylic acids is 2. The summed E-state index contributed by atoms with van der Waals surface area (Å²) in [4.78, 5) is 43.8. The number of rotatable bonds is 28. The van der Waals surface area contributed by atoms with Crippen molar-refractivity contribution in [2.45, 2.75) is 136 Å². The Kier molecular flexibility index (Phi) is 19.3. The number of ether oxygens (including phenoxy) is 3. The fraction of sp³-hybridized carbons (Fsp3) is 0.472. The zero-order chi connectivity index (χ0) is 46.0. The standard InChI is InChI=1S/C53H66N2O7S3/c1-5-7-9-11-13-15-17-21-30-60-41-34-47(63-37-41)48-36-43(51(65-48)49-35-42(38-64-49)61-31-22-18-16-14-12-10-8-6-2)52(57)62-32-29-54-45-24-20-19-23-44(45)53(3,4)50(54)28-25-39-33-40(55(58)59)26-27-46(39)56/h19-20,23-28,33-38H,5-18,21-22,29-32H2,1-4H3/b39-25-,50-28-. The number of unbranched alkanes of at least 4 members (excludes halogenated alkanes) is 14. The van der Waals surface area contributed by atoms with E-state index in [1.54, 1.807) is 40.1 Å². The summed E-state index contributed by atoms with van der Waals surface area (Å²) < 4.78 is 18.5. The van der Waals surface area contributed by atoms with E-state index in [0.717, 1.165) is 67.2 Å². The van der Waals surface area contributed by atoms with Crippen molar-refractivity contribution in [2.75, 3.05) is 31.3 Å². The normalized spacial score (nSPS) is 15.5. The number of hydrogen-bond acceptors (Lipinski definition) is 11. The lowest BCUT2D eigenvalue weighted by Gasteiger charge is -2.27. The molecule has 1 aromatic carbocycles. The number of nitro groups is 1. The highest BCUT2D eigenvalue weighted by atomic mass is 32.1. The molecule has 12 heteroatoms. The van der Waals surface area contributed by atoms with Gasteiger partial charge in [-0.25, -0.2) is 4.79 Å². The highest BCUT2D eigenvalue weighted by Gasteiger charge is 2.39. The molecule has 65 heavy (non-hydrogen) atoms. The molecule has 0 amide bonds. The number of fused-ring (bicyclic) bond motifs is 1. The Balaban J connectivity index is 1.15. The van der Waals surface area contributed by atoms with Crippen LogP contribution in [0.1, 0.15) is 146 Å². The van der Waals surface area contributed by atoms with E-state index in [0.29, 0.717) is 25.3 Å². The van der Waals surface area contributed by atoms with Gasteiger partial charge in [-0.2, -0.15) is 0 Å². The van der Waals surface area contributed by atoms with Crippen molar-refractivity contribution in [2.24, 2.45) is 0 Å². The van der Waals surface area contributed by atoms with Crippen LogP contribution in [-0.2, 0) is 14.9 Å². The molecule has 0 bridgehead atoms. The average Bonchev–Trinajstić information content (AvgIpc) is 4.11. The molecule has 0 unspecified atom stereocenters. The smallest absolute Gasteiger partial charge is 0.339 e. The van der Waals surface area contributed by atoms with Crippen LogP contribution >= 0.6 is 34.0 Å². The summed E-state index contributed by atoms with van der Waals surface area (Å²) in [6, 6.07) is 14.2. The SMILES string of the molecule is CCCCCCCCCCOc1csc(-c2cc(C(=O)OCCN3/C(=C\C=C4\C=C([N+](=O)[O-])C=CC4=O)C(C)(C)c4ccccc43)c(-c3cc(OCCCCCCCCCC)cs3)s2)c1. The Labute approximate surface area is 398 Å². The van der Waals surface area contributed by atoms with Crippen molar-refractivity contribution in [1.29, 1.82) is 0 Å². The predicted molar refractivity (Wildman–Crippen MR) is 270 cm³/mol. The lowest BCUT2D eigenvalue weighted by atomic mass is 9.83. The maximum Gasteiger partial charge on any atom is 0.339 e.